The van der Waals surface area contributed by atoms with Gasteiger partial charge in [0.2, 0.25) is 0 Å². The number of aromatic nitrogens is 2. The Hall–Kier alpha value is -1.66. The van der Waals surface area contributed by atoms with Crippen molar-refractivity contribution in [1.82, 2.24) is 15.1 Å². The Morgan fingerprint density at radius 3 is 3.10 bits per heavy atom. The van der Waals surface area contributed by atoms with Crippen molar-refractivity contribution < 1.29 is 9.53 Å². The first-order chi connectivity index (χ1) is 9.66. The Morgan fingerprint density at radius 2 is 2.45 bits per heavy atom. The molecule has 106 valence electrons. The third-order valence-corrected chi connectivity index (χ3v) is 4.45. The number of aryl methyl sites for hydroxylation is 1. The van der Waals surface area contributed by atoms with E-state index in [1.165, 1.54) is 11.3 Å². The lowest BCUT2D eigenvalue weighted by Gasteiger charge is -2.19. The summed E-state index contributed by atoms with van der Waals surface area (Å²) >= 11 is 1.52. The summed E-state index contributed by atoms with van der Waals surface area (Å²) in [4.78, 5) is 12.1. The number of carbonyl (C=O) groups excluding carboxylic acids is 1. The Morgan fingerprint density at radius 1 is 1.60 bits per heavy atom. The van der Waals surface area contributed by atoms with Gasteiger partial charge in [0.1, 0.15) is 6.10 Å². The number of nitrogens with zero attached hydrogens (tertiary/aromatic N) is 2. The third kappa shape index (κ3) is 2.36. The van der Waals surface area contributed by atoms with Crippen molar-refractivity contribution in [2.75, 3.05) is 6.61 Å². The number of carbonyl (C=O) groups is 1. The standard InChI is InChI=1S/C14H17N3O2S/c1-9-11(7-15-17(9)2)13-12(3-5-19-13)16-14(18)10-4-6-20-8-10/h4,6-8,12-13H,3,5H2,1-2H3,(H,16,18)/t12-,13+/m0/s1. The summed E-state index contributed by atoms with van der Waals surface area (Å²) in [5, 5.41) is 11.1. The number of amides is 1. The quantitative estimate of drug-likeness (QED) is 0.941. The third-order valence-electron chi connectivity index (χ3n) is 3.77. The fraction of sp³-hybridized carbons (Fsp3) is 0.429. The van der Waals surface area contributed by atoms with Crippen molar-refractivity contribution >= 4 is 17.2 Å². The molecule has 1 saturated heterocycles. The number of thiophene rings is 1. The molecule has 1 N–H and O–H groups in total. The topological polar surface area (TPSA) is 56.1 Å². The minimum atomic E-state index is -0.105. The largest absolute Gasteiger partial charge is 0.371 e. The zero-order valence-corrected chi connectivity index (χ0v) is 12.3. The van der Waals surface area contributed by atoms with Crippen molar-refractivity contribution in [3.8, 4) is 0 Å². The second-order valence-electron chi connectivity index (χ2n) is 4.98. The number of rotatable bonds is 3. The van der Waals surface area contributed by atoms with Gasteiger partial charge in [-0.2, -0.15) is 16.4 Å². The summed E-state index contributed by atoms with van der Waals surface area (Å²) in [5.74, 6) is -0.0340. The van der Waals surface area contributed by atoms with Gasteiger partial charge in [-0.15, -0.1) is 0 Å². The highest BCUT2D eigenvalue weighted by atomic mass is 32.1. The van der Waals surface area contributed by atoms with Crippen LogP contribution in [0.25, 0.3) is 0 Å². The summed E-state index contributed by atoms with van der Waals surface area (Å²) in [7, 11) is 1.91. The predicted octanol–water partition coefficient (Wildman–Crippen LogP) is 2.05. The summed E-state index contributed by atoms with van der Waals surface area (Å²) in [6, 6.07) is 1.84. The fourth-order valence-electron chi connectivity index (χ4n) is 2.48. The molecule has 0 bridgehead atoms. The maximum absolute atomic E-state index is 12.1. The van der Waals surface area contributed by atoms with Crippen molar-refractivity contribution in [3.05, 3.63) is 39.8 Å². The SMILES string of the molecule is Cc1c([C@H]2OCC[C@@H]2NC(=O)c2ccsc2)cnn1C. The van der Waals surface area contributed by atoms with Crippen molar-refractivity contribution in [2.24, 2.45) is 7.05 Å². The molecule has 6 heteroatoms. The number of nitrogens with one attached hydrogen (secondary N) is 1. The molecule has 0 aromatic carbocycles. The van der Waals surface area contributed by atoms with Gasteiger partial charge in [-0.3, -0.25) is 9.48 Å². The van der Waals surface area contributed by atoms with E-state index in [1.807, 2.05) is 41.7 Å². The van der Waals surface area contributed by atoms with E-state index in [9.17, 15) is 4.79 Å². The van der Waals surface area contributed by atoms with E-state index >= 15 is 0 Å². The molecule has 20 heavy (non-hydrogen) atoms. The number of hydrogen-bond donors (Lipinski definition) is 1. The molecule has 0 spiro atoms. The average molecular weight is 291 g/mol. The van der Waals surface area contributed by atoms with Crippen molar-refractivity contribution in [1.29, 1.82) is 0 Å². The van der Waals surface area contributed by atoms with Crippen LogP contribution in [0.5, 0.6) is 0 Å². The van der Waals surface area contributed by atoms with E-state index in [0.717, 1.165) is 17.7 Å². The second kappa shape index (κ2) is 5.38. The van der Waals surface area contributed by atoms with Crippen molar-refractivity contribution in [2.45, 2.75) is 25.5 Å². The van der Waals surface area contributed by atoms with Gasteiger partial charge in [0.15, 0.2) is 0 Å². The molecule has 0 radical (unpaired) electrons. The molecule has 0 aliphatic carbocycles. The summed E-state index contributed by atoms with van der Waals surface area (Å²) in [6.45, 7) is 2.68. The molecule has 0 saturated carbocycles. The van der Waals surface area contributed by atoms with Crippen LogP contribution in [0.1, 0.15) is 34.1 Å². The Labute approximate surface area is 121 Å². The average Bonchev–Trinajstić information content (AvgIpc) is 3.13. The lowest BCUT2D eigenvalue weighted by atomic mass is 10.0. The van der Waals surface area contributed by atoms with Gasteiger partial charge in [-0.05, 0) is 24.8 Å². The zero-order valence-electron chi connectivity index (χ0n) is 11.5. The number of ether oxygens (including phenoxy) is 1. The van der Waals surface area contributed by atoms with Crippen LogP contribution < -0.4 is 5.32 Å². The second-order valence-corrected chi connectivity index (χ2v) is 5.76. The lowest BCUT2D eigenvalue weighted by molar-refractivity contribution is 0.0819. The zero-order chi connectivity index (χ0) is 14.1. The Balaban J connectivity index is 1.76. The first kappa shape index (κ1) is 13.3. The van der Waals surface area contributed by atoms with Crippen LogP contribution >= 0.6 is 11.3 Å². The molecule has 1 aliphatic rings. The smallest absolute Gasteiger partial charge is 0.252 e. The van der Waals surface area contributed by atoms with Gasteiger partial charge in [-0.1, -0.05) is 0 Å². The minimum Gasteiger partial charge on any atom is -0.371 e. The van der Waals surface area contributed by atoms with E-state index in [2.05, 4.69) is 10.4 Å². The van der Waals surface area contributed by atoms with Crippen LogP contribution in [0.2, 0.25) is 0 Å². The minimum absolute atomic E-state index is 0.00491. The van der Waals surface area contributed by atoms with Gasteiger partial charge in [-0.25, -0.2) is 0 Å². The molecule has 2 atom stereocenters. The molecule has 1 amide bonds. The molecular weight excluding hydrogens is 274 g/mol. The van der Waals surface area contributed by atoms with E-state index in [0.29, 0.717) is 12.2 Å². The van der Waals surface area contributed by atoms with Gasteiger partial charge in [0, 0.05) is 35.9 Å². The fourth-order valence-corrected chi connectivity index (χ4v) is 3.12. The highest BCUT2D eigenvalue weighted by Gasteiger charge is 2.33. The molecule has 0 unspecified atom stereocenters. The van der Waals surface area contributed by atoms with Gasteiger partial charge in [0.25, 0.3) is 5.91 Å². The van der Waals surface area contributed by atoms with Crippen LogP contribution in [0.15, 0.2) is 23.0 Å². The number of hydrogen-bond acceptors (Lipinski definition) is 4. The molecule has 3 heterocycles. The first-order valence-corrected chi connectivity index (χ1v) is 7.54. The Kier molecular flexibility index (Phi) is 3.58. The summed E-state index contributed by atoms with van der Waals surface area (Å²) < 4.78 is 7.63. The normalized spacial score (nSPS) is 22.1. The molecular formula is C14H17N3O2S. The van der Waals surface area contributed by atoms with E-state index in [4.69, 9.17) is 4.74 Å². The van der Waals surface area contributed by atoms with E-state index in [-0.39, 0.29) is 18.1 Å². The monoisotopic (exact) mass is 291 g/mol. The van der Waals surface area contributed by atoms with Crippen LogP contribution in [0, 0.1) is 6.92 Å². The van der Waals surface area contributed by atoms with Crippen LogP contribution in [0.4, 0.5) is 0 Å². The molecule has 2 aromatic heterocycles. The van der Waals surface area contributed by atoms with Gasteiger partial charge >= 0.3 is 0 Å². The molecule has 2 aromatic rings. The molecule has 1 fully saturated rings. The Bertz CT molecular complexity index is 606. The van der Waals surface area contributed by atoms with Crippen LogP contribution in [-0.4, -0.2) is 28.3 Å². The first-order valence-electron chi connectivity index (χ1n) is 6.60. The highest BCUT2D eigenvalue weighted by Crippen LogP contribution is 2.31. The highest BCUT2D eigenvalue weighted by molar-refractivity contribution is 7.08. The van der Waals surface area contributed by atoms with Gasteiger partial charge < -0.3 is 10.1 Å². The lowest BCUT2D eigenvalue weighted by Crippen LogP contribution is -2.36. The van der Waals surface area contributed by atoms with Crippen LogP contribution in [0.3, 0.4) is 0 Å². The van der Waals surface area contributed by atoms with Crippen LogP contribution in [-0.2, 0) is 11.8 Å². The van der Waals surface area contributed by atoms with E-state index in [1.54, 1.807) is 0 Å². The molecule has 5 nitrogen and oxygen atoms in total. The summed E-state index contributed by atoms with van der Waals surface area (Å²) in [6.07, 6.45) is 2.55. The molecule has 1 aliphatic heterocycles. The maximum Gasteiger partial charge on any atom is 0.252 e. The molecule has 3 rings (SSSR count). The van der Waals surface area contributed by atoms with E-state index < -0.39 is 0 Å². The summed E-state index contributed by atoms with van der Waals surface area (Å²) in [5.41, 5.74) is 2.84. The van der Waals surface area contributed by atoms with Crippen molar-refractivity contribution in [3.63, 3.8) is 0 Å². The maximum atomic E-state index is 12.1. The predicted molar refractivity (Wildman–Crippen MR) is 76.8 cm³/mol. The van der Waals surface area contributed by atoms with Gasteiger partial charge in [0.05, 0.1) is 12.2 Å².